The second-order valence-electron chi connectivity index (χ2n) is 4.93. The van der Waals surface area contributed by atoms with Crippen molar-refractivity contribution in [1.82, 2.24) is 5.32 Å². The molecule has 1 N–H and O–H groups in total. The molecule has 1 nitrogen and oxygen atoms in total. The Labute approximate surface area is 124 Å². The van der Waals surface area contributed by atoms with Gasteiger partial charge < -0.3 is 5.32 Å². The topological polar surface area (TPSA) is 12.0 Å². The fourth-order valence-electron chi connectivity index (χ4n) is 2.61. The third-order valence-corrected chi connectivity index (χ3v) is 5.88. The van der Waals surface area contributed by atoms with Crippen molar-refractivity contribution in [1.29, 1.82) is 0 Å². The number of rotatable bonds is 4. The molecule has 1 heterocycles. The Morgan fingerprint density at radius 3 is 2.72 bits per heavy atom. The lowest BCUT2D eigenvalue weighted by Crippen LogP contribution is -2.37. The first-order chi connectivity index (χ1) is 8.57. The summed E-state index contributed by atoms with van der Waals surface area (Å²) in [5.74, 6) is 1.25. The van der Waals surface area contributed by atoms with E-state index in [9.17, 15) is 0 Å². The Morgan fingerprint density at radius 2 is 2.17 bits per heavy atom. The maximum absolute atomic E-state index is 6.14. The summed E-state index contributed by atoms with van der Waals surface area (Å²) in [5.41, 5.74) is 1.24. The molecule has 4 heteroatoms. The number of nitrogens with one attached hydrogen (secondary N) is 1. The second-order valence-corrected chi connectivity index (χ2v) is 7.37. The van der Waals surface area contributed by atoms with Crippen LogP contribution in [0.25, 0.3) is 0 Å². The van der Waals surface area contributed by atoms with E-state index in [1.165, 1.54) is 24.2 Å². The van der Waals surface area contributed by atoms with Gasteiger partial charge in [0.2, 0.25) is 0 Å². The van der Waals surface area contributed by atoms with Gasteiger partial charge in [0.1, 0.15) is 0 Å². The molecule has 0 saturated carbocycles. The smallest absolute Gasteiger partial charge is 0.0595 e. The fourth-order valence-corrected chi connectivity index (χ4v) is 4.35. The van der Waals surface area contributed by atoms with Crippen LogP contribution in [0.3, 0.4) is 0 Å². The van der Waals surface area contributed by atoms with Crippen molar-refractivity contribution in [3.05, 3.63) is 33.8 Å². The molecule has 0 radical (unpaired) electrons. The minimum absolute atomic E-state index is 0.257. The molecule has 1 saturated heterocycles. The van der Waals surface area contributed by atoms with Crippen LogP contribution in [0, 0.1) is 0 Å². The van der Waals surface area contributed by atoms with Gasteiger partial charge in [0, 0.05) is 10.8 Å². The SMILES string of the molecule is CCNC(c1ccc(Cl)c(Cl)c1)C1(C)CCCS1. The predicted molar refractivity (Wildman–Crippen MR) is 83.0 cm³/mol. The van der Waals surface area contributed by atoms with Gasteiger partial charge in [-0.1, -0.05) is 36.2 Å². The van der Waals surface area contributed by atoms with E-state index in [4.69, 9.17) is 23.2 Å². The molecule has 2 rings (SSSR count). The molecule has 1 aromatic carbocycles. The zero-order valence-corrected chi connectivity index (χ0v) is 13.1. The molecule has 1 fully saturated rings. The molecule has 18 heavy (non-hydrogen) atoms. The van der Waals surface area contributed by atoms with Crippen LogP contribution in [0.1, 0.15) is 38.3 Å². The van der Waals surface area contributed by atoms with Gasteiger partial charge in [-0.3, -0.25) is 0 Å². The number of hydrogen-bond acceptors (Lipinski definition) is 2. The summed E-state index contributed by atoms with van der Waals surface area (Å²) in [6, 6.07) is 6.32. The standard InChI is InChI=1S/C14H19Cl2NS/c1-3-17-13(14(2)7-4-8-18-14)10-5-6-11(15)12(16)9-10/h5-6,9,13,17H,3-4,7-8H2,1-2H3. The summed E-state index contributed by atoms with van der Waals surface area (Å²) in [6.07, 6.45) is 2.54. The van der Waals surface area contributed by atoms with Gasteiger partial charge >= 0.3 is 0 Å². The molecule has 0 amide bonds. The van der Waals surface area contributed by atoms with E-state index in [-0.39, 0.29) is 4.75 Å². The Kier molecular flexibility index (Phi) is 4.87. The summed E-state index contributed by atoms with van der Waals surface area (Å²) < 4.78 is 0.257. The van der Waals surface area contributed by atoms with E-state index in [1.807, 2.05) is 12.1 Å². The van der Waals surface area contributed by atoms with E-state index in [0.717, 1.165) is 6.54 Å². The lowest BCUT2D eigenvalue weighted by atomic mass is 9.90. The number of benzene rings is 1. The first-order valence-corrected chi connectivity index (χ1v) is 8.13. The second kappa shape index (κ2) is 6.04. The van der Waals surface area contributed by atoms with Crippen LogP contribution in [0.2, 0.25) is 10.0 Å². The van der Waals surface area contributed by atoms with E-state index >= 15 is 0 Å². The monoisotopic (exact) mass is 303 g/mol. The number of thioether (sulfide) groups is 1. The third kappa shape index (κ3) is 2.98. The van der Waals surface area contributed by atoms with Gasteiger partial charge in [0.15, 0.2) is 0 Å². The van der Waals surface area contributed by atoms with Crippen molar-refractivity contribution in [2.75, 3.05) is 12.3 Å². The maximum atomic E-state index is 6.14. The summed E-state index contributed by atoms with van der Waals surface area (Å²) in [7, 11) is 0. The van der Waals surface area contributed by atoms with Gasteiger partial charge in [0.05, 0.1) is 10.0 Å². The molecule has 1 aliphatic rings. The molecule has 0 bridgehead atoms. The predicted octanol–water partition coefficient (Wildman–Crippen LogP) is 4.93. The molecular weight excluding hydrogens is 285 g/mol. The molecule has 100 valence electrons. The average molecular weight is 304 g/mol. The van der Waals surface area contributed by atoms with Crippen LogP contribution in [-0.4, -0.2) is 17.0 Å². The van der Waals surface area contributed by atoms with E-state index in [2.05, 4.69) is 37.0 Å². The maximum Gasteiger partial charge on any atom is 0.0595 e. The Bertz CT molecular complexity index is 416. The largest absolute Gasteiger partial charge is 0.309 e. The van der Waals surface area contributed by atoms with Crippen LogP contribution in [0.5, 0.6) is 0 Å². The highest BCUT2D eigenvalue weighted by molar-refractivity contribution is 8.00. The molecule has 1 aliphatic heterocycles. The third-order valence-electron chi connectivity index (χ3n) is 3.55. The normalized spacial score (nSPS) is 25.3. The van der Waals surface area contributed by atoms with Gasteiger partial charge in [-0.05, 0) is 49.8 Å². The zero-order valence-electron chi connectivity index (χ0n) is 10.8. The summed E-state index contributed by atoms with van der Waals surface area (Å²) in [6.45, 7) is 5.45. The Morgan fingerprint density at radius 1 is 1.39 bits per heavy atom. The molecule has 1 aromatic rings. The average Bonchev–Trinajstić information content (AvgIpc) is 2.78. The van der Waals surface area contributed by atoms with Crippen molar-refractivity contribution in [2.45, 2.75) is 37.5 Å². The zero-order chi connectivity index (χ0) is 13.2. The Balaban J connectivity index is 2.31. The minimum Gasteiger partial charge on any atom is -0.309 e. The highest BCUT2D eigenvalue weighted by Gasteiger charge is 2.38. The summed E-state index contributed by atoms with van der Waals surface area (Å²) in [5, 5.41) is 4.87. The fraction of sp³-hybridized carbons (Fsp3) is 0.571. The van der Waals surface area contributed by atoms with Crippen molar-refractivity contribution in [3.63, 3.8) is 0 Å². The van der Waals surface area contributed by atoms with Crippen molar-refractivity contribution >= 4 is 35.0 Å². The summed E-state index contributed by atoms with van der Waals surface area (Å²) >= 11 is 14.2. The minimum atomic E-state index is 0.257. The number of halogens is 2. The van der Waals surface area contributed by atoms with Crippen LogP contribution in [-0.2, 0) is 0 Å². The van der Waals surface area contributed by atoms with Gasteiger partial charge in [0.25, 0.3) is 0 Å². The molecule has 2 unspecified atom stereocenters. The van der Waals surface area contributed by atoms with Crippen LogP contribution in [0.4, 0.5) is 0 Å². The lowest BCUT2D eigenvalue weighted by Gasteiger charge is -2.34. The first-order valence-electron chi connectivity index (χ1n) is 6.39. The molecule has 0 aromatic heterocycles. The highest BCUT2D eigenvalue weighted by atomic mass is 35.5. The first kappa shape index (κ1) is 14.5. The number of hydrogen-bond donors (Lipinski definition) is 1. The van der Waals surface area contributed by atoms with E-state index in [0.29, 0.717) is 16.1 Å². The van der Waals surface area contributed by atoms with Crippen molar-refractivity contribution < 1.29 is 0 Å². The highest BCUT2D eigenvalue weighted by Crippen LogP contribution is 2.47. The van der Waals surface area contributed by atoms with Crippen LogP contribution in [0.15, 0.2) is 18.2 Å². The van der Waals surface area contributed by atoms with Gasteiger partial charge in [-0.25, -0.2) is 0 Å². The van der Waals surface area contributed by atoms with Crippen LogP contribution < -0.4 is 5.32 Å². The van der Waals surface area contributed by atoms with Crippen LogP contribution >= 0.6 is 35.0 Å². The Hall–Kier alpha value is 0.110. The molecule has 0 aliphatic carbocycles. The van der Waals surface area contributed by atoms with Gasteiger partial charge in [-0.15, -0.1) is 0 Å². The van der Waals surface area contributed by atoms with Crippen molar-refractivity contribution in [2.24, 2.45) is 0 Å². The van der Waals surface area contributed by atoms with Crippen molar-refractivity contribution in [3.8, 4) is 0 Å². The van der Waals surface area contributed by atoms with E-state index in [1.54, 1.807) is 0 Å². The van der Waals surface area contributed by atoms with Gasteiger partial charge in [-0.2, -0.15) is 11.8 Å². The molecule has 0 spiro atoms. The molecule has 2 atom stereocenters. The quantitative estimate of drug-likeness (QED) is 0.846. The van der Waals surface area contributed by atoms with E-state index < -0.39 is 0 Å². The summed E-state index contributed by atoms with van der Waals surface area (Å²) in [4.78, 5) is 0. The molecular formula is C14H19Cl2NS. The lowest BCUT2D eigenvalue weighted by molar-refractivity contribution is 0.421.